The maximum atomic E-state index is 12.1. The molecule has 2 unspecified atom stereocenters. The van der Waals surface area contributed by atoms with Gasteiger partial charge < -0.3 is 4.74 Å². The summed E-state index contributed by atoms with van der Waals surface area (Å²) in [7, 11) is 0. The van der Waals surface area contributed by atoms with Crippen molar-refractivity contribution in [1.82, 2.24) is 4.90 Å². The summed E-state index contributed by atoms with van der Waals surface area (Å²) in [5, 5.41) is -0.514. The molecule has 1 amide bonds. The maximum absolute atomic E-state index is 12.1. The number of halogens is 4. The number of hydrogen-bond donors (Lipinski definition) is 0. The van der Waals surface area contributed by atoms with Crippen LogP contribution in [0.2, 0.25) is 0 Å². The van der Waals surface area contributed by atoms with Crippen LogP contribution in [0, 0.1) is 0 Å². The quantitative estimate of drug-likeness (QED) is 0.217. The zero-order chi connectivity index (χ0) is 16.4. The van der Waals surface area contributed by atoms with Crippen molar-refractivity contribution < 1.29 is 19.1 Å². The highest BCUT2D eigenvalue weighted by atomic mass is 79.9. The molecule has 21 heavy (non-hydrogen) atoms. The van der Waals surface area contributed by atoms with Crippen molar-refractivity contribution in [2.75, 3.05) is 6.61 Å². The average molecular weight is 440 g/mol. The summed E-state index contributed by atoms with van der Waals surface area (Å²) in [4.78, 5) is 35.3. The Labute approximate surface area is 149 Å². The van der Waals surface area contributed by atoms with Crippen molar-refractivity contribution in [3.05, 3.63) is 11.3 Å². The van der Waals surface area contributed by atoms with Gasteiger partial charge in [-0.05, 0) is 19.4 Å². The predicted octanol–water partition coefficient (Wildman–Crippen LogP) is 3.05. The summed E-state index contributed by atoms with van der Waals surface area (Å²) in [6.45, 7) is 2.84. The number of ether oxygens (including phenoxy) is 1. The summed E-state index contributed by atoms with van der Waals surface area (Å²) >= 11 is 20.6. The number of thioether (sulfide) groups is 1. The lowest BCUT2D eigenvalue weighted by atomic mass is 10.1. The lowest BCUT2D eigenvalue weighted by Crippen LogP contribution is -2.61. The Morgan fingerprint density at radius 3 is 2.48 bits per heavy atom. The number of carbonyl (C=O) groups excluding carboxylic acids is 3. The number of nitrogens with zero attached hydrogens (tertiary/aromatic N) is 1. The molecule has 0 bridgehead atoms. The second kappa shape index (κ2) is 7.55. The van der Waals surface area contributed by atoms with Gasteiger partial charge in [-0.1, -0.05) is 62.5 Å². The number of esters is 1. The highest BCUT2D eigenvalue weighted by Crippen LogP contribution is 2.38. The van der Waals surface area contributed by atoms with Gasteiger partial charge in [0.1, 0.15) is 22.5 Å². The smallest absolute Gasteiger partial charge is 0.355 e. The zero-order valence-corrected chi connectivity index (χ0v) is 15.6. The molecular weight excluding hydrogens is 428 g/mol. The normalized spacial score (nSPS) is 21.6. The monoisotopic (exact) mass is 437 g/mol. The molecule has 0 aliphatic carbocycles. The fraction of sp³-hybridized carbons (Fsp3) is 0.545. The number of rotatable bonds is 5. The fourth-order valence-corrected chi connectivity index (χ4v) is 3.31. The predicted molar refractivity (Wildman–Crippen MR) is 87.3 cm³/mol. The van der Waals surface area contributed by atoms with E-state index in [-0.39, 0.29) is 11.6 Å². The van der Waals surface area contributed by atoms with Crippen molar-refractivity contribution in [3.8, 4) is 0 Å². The van der Waals surface area contributed by atoms with Gasteiger partial charge in [0.15, 0.2) is 5.62 Å². The van der Waals surface area contributed by atoms with Crippen LogP contribution in [0.5, 0.6) is 0 Å². The first-order valence-electron chi connectivity index (χ1n) is 5.57. The molecule has 0 aromatic carbocycles. The summed E-state index contributed by atoms with van der Waals surface area (Å²) in [5.41, 5.74) is 1.20. The van der Waals surface area contributed by atoms with Crippen LogP contribution >= 0.6 is 62.5 Å². The van der Waals surface area contributed by atoms with Crippen molar-refractivity contribution >= 4 is 80.0 Å². The second-order valence-corrected chi connectivity index (χ2v) is 8.72. The van der Waals surface area contributed by atoms with E-state index in [0.29, 0.717) is 11.2 Å². The number of amides is 1. The van der Waals surface area contributed by atoms with Gasteiger partial charge >= 0.3 is 5.97 Å². The SMILES string of the molecule is CC(C)=C(C(=O)OCC(Cl)(Cl)Cl)N1C(=O)C(Br)C1SC=O. The Morgan fingerprint density at radius 1 is 1.48 bits per heavy atom. The van der Waals surface area contributed by atoms with Crippen LogP contribution in [0.1, 0.15) is 13.8 Å². The highest BCUT2D eigenvalue weighted by Gasteiger charge is 2.50. The number of carbonyl (C=O) groups is 3. The van der Waals surface area contributed by atoms with Crippen molar-refractivity contribution in [3.63, 3.8) is 0 Å². The van der Waals surface area contributed by atoms with Crippen LogP contribution in [-0.4, -0.2) is 43.0 Å². The van der Waals surface area contributed by atoms with E-state index in [4.69, 9.17) is 39.5 Å². The molecule has 0 spiro atoms. The van der Waals surface area contributed by atoms with Crippen molar-refractivity contribution in [2.24, 2.45) is 0 Å². The molecule has 0 aromatic rings. The molecule has 1 saturated heterocycles. The van der Waals surface area contributed by atoms with Crippen LogP contribution in [0.15, 0.2) is 11.3 Å². The van der Waals surface area contributed by atoms with Gasteiger partial charge in [-0.3, -0.25) is 14.5 Å². The van der Waals surface area contributed by atoms with E-state index in [2.05, 4.69) is 15.9 Å². The molecule has 118 valence electrons. The summed E-state index contributed by atoms with van der Waals surface area (Å²) in [5.74, 6) is -1.12. The van der Waals surface area contributed by atoms with Crippen molar-refractivity contribution in [1.29, 1.82) is 0 Å². The Morgan fingerprint density at radius 2 is 2.05 bits per heavy atom. The molecule has 10 heteroatoms. The van der Waals surface area contributed by atoms with Crippen LogP contribution in [-0.2, 0) is 19.1 Å². The molecule has 1 rings (SSSR count). The largest absolute Gasteiger partial charge is 0.456 e. The standard InChI is InChI=1S/C11H11BrCl3NO4S/c1-5(2)7(10(19)20-3-11(13,14)15)16-8(18)6(12)9(16)21-4-17/h4,6,9H,3H2,1-2H3. The Hall–Kier alpha value is 0.0500. The lowest BCUT2D eigenvalue weighted by molar-refractivity contribution is -0.148. The number of β-lactam (4-membered cyclic amide) rings is 1. The van der Waals surface area contributed by atoms with Gasteiger partial charge in [-0.2, -0.15) is 0 Å². The third-order valence-corrected chi connectivity index (χ3v) is 4.89. The van der Waals surface area contributed by atoms with Crippen LogP contribution < -0.4 is 0 Å². The van der Waals surface area contributed by atoms with E-state index in [1.54, 1.807) is 13.8 Å². The molecule has 0 radical (unpaired) electrons. The maximum Gasteiger partial charge on any atom is 0.355 e. The minimum atomic E-state index is -1.74. The number of alkyl halides is 4. The zero-order valence-electron chi connectivity index (χ0n) is 10.9. The number of allylic oxidation sites excluding steroid dienone is 1. The molecule has 0 saturated carbocycles. The molecule has 0 aromatic heterocycles. The molecular formula is C11H11BrCl3NO4S. The third kappa shape index (κ3) is 4.76. The molecule has 0 N–H and O–H groups in total. The van der Waals surface area contributed by atoms with Crippen LogP contribution in [0.3, 0.4) is 0 Å². The van der Waals surface area contributed by atoms with E-state index in [9.17, 15) is 14.4 Å². The molecule has 1 aliphatic heterocycles. The fourth-order valence-electron chi connectivity index (χ4n) is 1.61. The average Bonchev–Trinajstić information content (AvgIpc) is 2.38. The van der Waals surface area contributed by atoms with E-state index in [1.165, 1.54) is 4.90 Å². The van der Waals surface area contributed by atoms with E-state index < -0.39 is 26.6 Å². The highest BCUT2D eigenvalue weighted by molar-refractivity contribution is 9.10. The van der Waals surface area contributed by atoms with Gasteiger partial charge in [-0.25, -0.2) is 4.79 Å². The third-order valence-electron chi connectivity index (χ3n) is 2.45. The number of hydrogen-bond acceptors (Lipinski definition) is 5. The van der Waals surface area contributed by atoms with Gasteiger partial charge in [0, 0.05) is 0 Å². The first kappa shape index (κ1) is 19.1. The first-order valence-corrected chi connectivity index (χ1v) is 8.57. The van der Waals surface area contributed by atoms with Crippen LogP contribution in [0.25, 0.3) is 0 Å². The lowest BCUT2D eigenvalue weighted by Gasteiger charge is -2.43. The summed E-state index contributed by atoms with van der Waals surface area (Å²) in [6, 6.07) is 0. The van der Waals surface area contributed by atoms with E-state index in [1.807, 2.05) is 0 Å². The topological polar surface area (TPSA) is 63.7 Å². The minimum absolute atomic E-state index is 0.0456. The van der Waals surface area contributed by atoms with Crippen LogP contribution in [0.4, 0.5) is 0 Å². The van der Waals surface area contributed by atoms with E-state index >= 15 is 0 Å². The van der Waals surface area contributed by atoms with Crippen molar-refractivity contribution in [2.45, 2.75) is 27.8 Å². The molecule has 1 fully saturated rings. The molecule has 1 aliphatic rings. The summed E-state index contributed by atoms with van der Waals surface area (Å²) < 4.78 is 3.16. The molecule has 2 atom stereocenters. The molecule has 1 heterocycles. The second-order valence-electron chi connectivity index (χ2n) is 4.27. The van der Waals surface area contributed by atoms with Gasteiger partial charge in [0.05, 0.1) is 0 Å². The van der Waals surface area contributed by atoms with Gasteiger partial charge in [0.25, 0.3) is 0 Å². The number of likely N-dealkylation sites (tertiary alicyclic amines) is 1. The summed E-state index contributed by atoms with van der Waals surface area (Å²) in [6.07, 6.45) is 0. The Balaban J connectivity index is 2.93. The first-order chi connectivity index (χ1) is 9.60. The minimum Gasteiger partial charge on any atom is -0.456 e. The Bertz CT molecular complexity index is 490. The van der Waals surface area contributed by atoms with E-state index in [0.717, 1.165) is 11.8 Å². The Kier molecular flexibility index (Phi) is 6.86. The molecule has 5 nitrogen and oxygen atoms in total. The van der Waals surface area contributed by atoms with Gasteiger partial charge in [0.2, 0.25) is 9.70 Å². The van der Waals surface area contributed by atoms with Gasteiger partial charge in [-0.15, -0.1) is 0 Å².